The van der Waals surface area contributed by atoms with Crippen LogP contribution in [0.1, 0.15) is 47.8 Å². The predicted molar refractivity (Wildman–Crippen MR) is 106 cm³/mol. The maximum atomic E-state index is 13.3. The Balaban J connectivity index is 1.76. The van der Waals surface area contributed by atoms with Crippen molar-refractivity contribution in [3.63, 3.8) is 0 Å². The van der Waals surface area contributed by atoms with E-state index in [2.05, 4.69) is 9.82 Å². The Bertz CT molecular complexity index is 1010. The van der Waals surface area contributed by atoms with Crippen LogP contribution in [-0.4, -0.2) is 31.3 Å². The molecule has 0 aliphatic heterocycles. The van der Waals surface area contributed by atoms with Gasteiger partial charge in [-0.3, -0.25) is 4.68 Å². The van der Waals surface area contributed by atoms with Gasteiger partial charge in [0.25, 0.3) is 0 Å². The van der Waals surface area contributed by atoms with Crippen molar-refractivity contribution in [2.45, 2.75) is 64.1 Å². The van der Waals surface area contributed by atoms with Crippen molar-refractivity contribution in [3.05, 3.63) is 40.2 Å². The number of halogens is 3. The molecule has 1 aliphatic rings. The minimum Gasteiger partial charge on any atom is -0.493 e. The van der Waals surface area contributed by atoms with Crippen LogP contribution >= 0.6 is 0 Å². The summed E-state index contributed by atoms with van der Waals surface area (Å²) in [5.74, 6) is 0.652. The van der Waals surface area contributed by atoms with E-state index >= 15 is 0 Å². The number of rotatable bonds is 7. The number of nitrogens with one attached hydrogen (secondary N) is 1. The maximum Gasteiger partial charge on any atom is 0.435 e. The first kappa shape index (κ1) is 22.6. The highest BCUT2D eigenvalue weighted by molar-refractivity contribution is 7.89. The first-order chi connectivity index (χ1) is 14.0. The summed E-state index contributed by atoms with van der Waals surface area (Å²) < 4.78 is 74.5. The number of fused-ring (bicyclic) bond motifs is 1. The van der Waals surface area contributed by atoms with Gasteiger partial charge in [-0.05, 0) is 69.7 Å². The lowest BCUT2D eigenvalue weighted by atomic mass is 9.95. The van der Waals surface area contributed by atoms with Crippen LogP contribution in [0.2, 0.25) is 0 Å². The van der Waals surface area contributed by atoms with Crippen molar-refractivity contribution in [2.75, 3.05) is 13.2 Å². The number of alkyl halides is 3. The molecule has 0 radical (unpaired) electrons. The van der Waals surface area contributed by atoms with Gasteiger partial charge in [0.2, 0.25) is 10.0 Å². The molecule has 0 fully saturated rings. The molecule has 1 aromatic carbocycles. The van der Waals surface area contributed by atoms with Gasteiger partial charge >= 0.3 is 6.18 Å². The lowest BCUT2D eigenvalue weighted by Crippen LogP contribution is -2.28. The fraction of sp³-hybridized carbons (Fsp3) is 0.550. The zero-order valence-corrected chi connectivity index (χ0v) is 18.1. The molecule has 1 N–H and O–H groups in total. The summed E-state index contributed by atoms with van der Waals surface area (Å²) in [7, 11) is -3.82. The summed E-state index contributed by atoms with van der Waals surface area (Å²) in [5, 5.41) is 3.76. The van der Waals surface area contributed by atoms with Crippen molar-refractivity contribution >= 4 is 10.0 Å². The molecule has 0 atom stereocenters. The second-order valence-corrected chi connectivity index (χ2v) is 9.19. The average Bonchev–Trinajstić information content (AvgIpc) is 3.04. The van der Waals surface area contributed by atoms with Gasteiger partial charge in [0.1, 0.15) is 5.75 Å². The Morgan fingerprint density at radius 3 is 2.40 bits per heavy atom. The molecule has 1 heterocycles. The molecule has 166 valence electrons. The molecule has 10 heteroatoms. The molecule has 1 aromatic heterocycles. The summed E-state index contributed by atoms with van der Waals surface area (Å²) in [5.41, 5.74) is 1.36. The second-order valence-electron chi connectivity index (χ2n) is 7.42. The first-order valence-electron chi connectivity index (χ1n) is 9.94. The minimum absolute atomic E-state index is 0.0344. The van der Waals surface area contributed by atoms with Gasteiger partial charge in [-0.25, -0.2) is 13.1 Å². The molecule has 0 bridgehead atoms. The highest BCUT2D eigenvalue weighted by Crippen LogP contribution is 2.35. The fourth-order valence-electron chi connectivity index (χ4n) is 3.89. The van der Waals surface area contributed by atoms with Crippen LogP contribution in [0.5, 0.6) is 5.75 Å². The molecule has 2 aromatic rings. The quantitative estimate of drug-likeness (QED) is 0.704. The molecule has 0 spiro atoms. The monoisotopic (exact) mass is 445 g/mol. The zero-order chi connectivity index (χ0) is 22.1. The molecular formula is C20H26F3N3O3S. The average molecular weight is 446 g/mol. The topological polar surface area (TPSA) is 73.2 Å². The van der Waals surface area contributed by atoms with Crippen LogP contribution in [0.25, 0.3) is 0 Å². The summed E-state index contributed by atoms with van der Waals surface area (Å²) in [6.45, 7) is 5.84. The number of aromatic nitrogens is 2. The molecule has 3 rings (SSSR count). The van der Waals surface area contributed by atoms with Crippen LogP contribution in [-0.2, 0) is 35.6 Å². The SMILES string of the molecule is CCOc1c(C)cc(S(=O)(=O)NCCn2nc(C(F)(F)F)c3c2CCCC3)cc1C. The van der Waals surface area contributed by atoms with E-state index in [9.17, 15) is 21.6 Å². The molecule has 0 saturated carbocycles. The number of hydrogen-bond donors (Lipinski definition) is 1. The van der Waals surface area contributed by atoms with E-state index in [1.54, 1.807) is 13.8 Å². The second kappa shape index (κ2) is 8.58. The fourth-order valence-corrected chi connectivity index (χ4v) is 5.08. The largest absolute Gasteiger partial charge is 0.493 e. The maximum absolute atomic E-state index is 13.3. The van der Waals surface area contributed by atoms with Crippen LogP contribution in [0.4, 0.5) is 13.2 Å². The highest BCUT2D eigenvalue weighted by Gasteiger charge is 2.39. The van der Waals surface area contributed by atoms with Crippen molar-refractivity contribution < 1.29 is 26.3 Å². The van der Waals surface area contributed by atoms with Crippen molar-refractivity contribution in [1.82, 2.24) is 14.5 Å². The number of aryl methyl sites for hydroxylation is 2. The van der Waals surface area contributed by atoms with Gasteiger partial charge < -0.3 is 4.74 Å². The minimum atomic E-state index is -4.51. The third kappa shape index (κ3) is 4.64. The standard InChI is InChI=1S/C20H26F3N3O3S/c1-4-29-18-13(2)11-15(12-14(18)3)30(27,28)24-9-10-26-17-8-6-5-7-16(17)19(25-26)20(21,22)23/h11-12,24H,4-10H2,1-3H3. The lowest BCUT2D eigenvalue weighted by molar-refractivity contribution is -0.142. The summed E-state index contributed by atoms with van der Waals surface area (Å²) in [6, 6.07) is 3.05. The molecule has 6 nitrogen and oxygen atoms in total. The van der Waals surface area contributed by atoms with Crippen molar-refractivity contribution in [1.29, 1.82) is 0 Å². The Morgan fingerprint density at radius 1 is 1.17 bits per heavy atom. The Kier molecular flexibility index (Phi) is 6.47. The molecule has 1 aliphatic carbocycles. The van der Waals surface area contributed by atoms with Crippen LogP contribution < -0.4 is 9.46 Å². The number of ether oxygens (including phenoxy) is 1. The summed E-state index contributed by atoms with van der Waals surface area (Å²) in [6.07, 6.45) is -2.15. The van der Waals surface area contributed by atoms with E-state index in [-0.39, 0.29) is 23.5 Å². The smallest absolute Gasteiger partial charge is 0.435 e. The van der Waals surface area contributed by atoms with E-state index < -0.39 is 21.9 Å². The number of benzene rings is 1. The molecule has 0 saturated heterocycles. The predicted octanol–water partition coefficient (Wildman–Crippen LogP) is 3.77. The third-order valence-electron chi connectivity index (χ3n) is 5.17. The summed E-state index contributed by atoms with van der Waals surface area (Å²) >= 11 is 0. The van der Waals surface area contributed by atoms with Gasteiger partial charge in [-0.15, -0.1) is 0 Å². The molecule has 0 amide bonds. The van der Waals surface area contributed by atoms with E-state index in [0.29, 0.717) is 48.4 Å². The van der Waals surface area contributed by atoms with E-state index in [1.165, 1.54) is 16.8 Å². The number of sulfonamides is 1. The van der Waals surface area contributed by atoms with Gasteiger partial charge in [0, 0.05) is 17.8 Å². The molecule has 30 heavy (non-hydrogen) atoms. The Morgan fingerprint density at radius 2 is 1.80 bits per heavy atom. The summed E-state index contributed by atoms with van der Waals surface area (Å²) in [4.78, 5) is 0.0967. The van der Waals surface area contributed by atoms with Gasteiger partial charge in [-0.2, -0.15) is 18.3 Å². The Hall–Kier alpha value is -2.07. The molecular weight excluding hydrogens is 419 g/mol. The normalized spacial score (nSPS) is 14.6. The number of hydrogen-bond acceptors (Lipinski definition) is 4. The third-order valence-corrected chi connectivity index (χ3v) is 6.61. The van der Waals surface area contributed by atoms with Gasteiger partial charge in [0.05, 0.1) is 18.0 Å². The van der Waals surface area contributed by atoms with Crippen LogP contribution in [0, 0.1) is 13.8 Å². The van der Waals surface area contributed by atoms with Crippen LogP contribution in [0.3, 0.4) is 0 Å². The lowest BCUT2D eigenvalue weighted by Gasteiger charge is -2.15. The van der Waals surface area contributed by atoms with Crippen LogP contribution in [0.15, 0.2) is 17.0 Å². The van der Waals surface area contributed by atoms with E-state index in [0.717, 1.165) is 6.42 Å². The van der Waals surface area contributed by atoms with Gasteiger partial charge in [-0.1, -0.05) is 0 Å². The van der Waals surface area contributed by atoms with E-state index in [4.69, 9.17) is 4.74 Å². The molecule has 0 unspecified atom stereocenters. The number of nitrogens with zero attached hydrogens (tertiary/aromatic N) is 2. The van der Waals surface area contributed by atoms with Crippen molar-refractivity contribution in [2.24, 2.45) is 0 Å². The van der Waals surface area contributed by atoms with E-state index in [1.807, 2.05) is 6.92 Å². The zero-order valence-electron chi connectivity index (χ0n) is 17.3. The first-order valence-corrected chi connectivity index (χ1v) is 11.4. The van der Waals surface area contributed by atoms with Crippen molar-refractivity contribution in [3.8, 4) is 5.75 Å². The Labute approximate surface area is 174 Å². The highest BCUT2D eigenvalue weighted by atomic mass is 32.2. The van der Waals surface area contributed by atoms with Gasteiger partial charge in [0.15, 0.2) is 5.69 Å².